The molecule has 5 heteroatoms. The second kappa shape index (κ2) is 6.82. The summed E-state index contributed by atoms with van der Waals surface area (Å²) in [5.41, 5.74) is 0.638. The lowest BCUT2D eigenvalue weighted by Crippen LogP contribution is -2.38. The molecule has 1 aromatic carbocycles. The van der Waals surface area contributed by atoms with E-state index in [1.54, 1.807) is 19.1 Å². The molecule has 0 saturated carbocycles. The van der Waals surface area contributed by atoms with Crippen LogP contribution in [0.15, 0.2) is 18.2 Å². The number of hydrogen-bond donors (Lipinski definition) is 0. The summed E-state index contributed by atoms with van der Waals surface area (Å²) < 4.78 is 36.3. The van der Waals surface area contributed by atoms with Crippen LogP contribution in [0.25, 0.3) is 0 Å². The van der Waals surface area contributed by atoms with Crippen molar-refractivity contribution in [1.82, 2.24) is 4.90 Å². The standard InChI is InChI=1S/C14H19F2NO2/c1-11-2-3-12(10-13(11)14(15)16)19-9-6-17-4-7-18-8-5-17/h2-3,10,14H,4-9H2,1H3. The topological polar surface area (TPSA) is 21.7 Å². The van der Waals surface area contributed by atoms with E-state index in [2.05, 4.69) is 4.90 Å². The van der Waals surface area contributed by atoms with E-state index in [1.165, 1.54) is 6.07 Å². The van der Waals surface area contributed by atoms with Crippen molar-refractivity contribution in [3.63, 3.8) is 0 Å². The molecule has 0 atom stereocenters. The Kier molecular flexibility index (Phi) is 5.10. The smallest absolute Gasteiger partial charge is 0.264 e. The minimum atomic E-state index is -2.46. The molecule has 19 heavy (non-hydrogen) atoms. The van der Waals surface area contributed by atoms with Gasteiger partial charge in [0, 0.05) is 25.2 Å². The summed E-state index contributed by atoms with van der Waals surface area (Å²) in [6, 6.07) is 4.84. The molecular formula is C14H19F2NO2. The van der Waals surface area contributed by atoms with E-state index in [9.17, 15) is 8.78 Å². The van der Waals surface area contributed by atoms with Crippen LogP contribution in [-0.2, 0) is 4.74 Å². The summed E-state index contributed by atoms with van der Waals surface area (Å²) in [6.45, 7) is 6.28. The number of halogens is 2. The van der Waals surface area contributed by atoms with Gasteiger partial charge in [-0.15, -0.1) is 0 Å². The summed E-state index contributed by atoms with van der Waals surface area (Å²) >= 11 is 0. The Bertz CT molecular complexity index is 406. The molecule has 0 spiro atoms. The molecule has 1 fully saturated rings. The highest BCUT2D eigenvalue weighted by atomic mass is 19.3. The summed E-state index contributed by atoms with van der Waals surface area (Å²) in [7, 11) is 0. The van der Waals surface area contributed by atoms with E-state index >= 15 is 0 Å². The summed E-state index contributed by atoms with van der Waals surface area (Å²) in [5.74, 6) is 0.508. The minimum Gasteiger partial charge on any atom is -0.492 e. The maximum Gasteiger partial charge on any atom is 0.264 e. The van der Waals surface area contributed by atoms with Gasteiger partial charge in [-0.25, -0.2) is 8.78 Å². The number of morpholine rings is 1. The van der Waals surface area contributed by atoms with Crippen molar-refractivity contribution in [2.24, 2.45) is 0 Å². The van der Waals surface area contributed by atoms with Crippen LogP contribution >= 0.6 is 0 Å². The first-order valence-electron chi connectivity index (χ1n) is 6.48. The monoisotopic (exact) mass is 271 g/mol. The van der Waals surface area contributed by atoms with Gasteiger partial charge in [0.05, 0.1) is 13.2 Å². The summed E-state index contributed by atoms with van der Waals surface area (Å²) in [5, 5.41) is 0. The summed E-state index contributed by atoms with van der Waals surface area (Å²) in [6.07, 6.45) is -2.46. The fraction of sp³-hybridized carbons (Fsp3) is 0.571. The Balaban J connectivity index is 1.83. The van der Waals surface area contributed by atoms with Crippen LogP contribution < -0.4 is 4.74 Å². The first-order valence-corrected chi connectivity index (χ1v) is 6.48. The third kappa shape index (κ3) is 4.14. The van der Waals surface area contributed by atoms with E-state index in [0.29, 0.717) is 17.9 Å². The third-order valence-corrected chi connectivity index (χ3v) is 3.27. The number of hydrogen-bond acceptors (Lipinski definition) is 3. The average Bonchev–Trinajstić information content (AvgIpc) is 2.41. The maximum absolute atomic E-state index is 12.7. The highest BCUT2D eigenvalue weighted by Gasteiger charge is 2.12. The van der Waals surface area contributed by atoms with Gasteiger partial charge >= 0.3 is 0 Å². The lowest BCUT2D eigenvalue weighted by molar-refractivity contribution is 0.0322. The highest BCUT2D eigenvalue weighted by Crippen LogP contribution is 2.26. The Morgan fingerprint density at radius 2 is 2.05 bits per heavy atom. The molecule has 1 saturated heterocycles. The van der Waals surface area contributed by atoms with Gasteiger partial charge in [0.25, 0.3) is 6.43 Å². The molecule has 0 aromatic heterocycles. The van der Waals surface area contributed by atoms with E-state index in [1.807, 2.05) is 0 Å². The Labute approximate surface area is 112 Å². The molecule has 0 unspecified atom stereocenters. The zero-order chi connectivity index (χ0) is 13.7. The number of aryl methyl sites for hydroxylation is 1. The van der Waals surface area contributed by atoms with E-state index in [0.717, 1.165) is 32.8 Å². The predicted molar refractivity (Wildman–Crippen MR) is 68.9 cm³/mol. The molecule has 2 rings (SSSR count). The molecule has 0 amide bonds. The van der Waals surface area contributed by atoms with Crippen molar-refractivity contribution in [2.75, 3.05) is 39.5 Å². The molecule has 0 aliphatic carbocycles. The SMILES string of the molecule is Cc1ccc(OCCN2CCOCC2)cc1C(F)F. The molecule has 1 aliphatic heterocycles. The molecule has 0 bridgehead atoms. The molecule has 3 nitrogen and oxygen atoms in total. The molecule has 0 radical (unpaired) electrons. The molecule has 1 aliphatic rings. The van der Waals surface area contributed by atoms with Gasteiger partial charge in [-0.1, -0.05) is 6.07 Å². The second-order valence-corrected chi connectivity index (χ2v) is 4.62. The van der Waals surface area contributed by atoms with Crippen LogP contribution in [0.2, 0.25) is 0 Å². The first-order chi connectivity index (χ1) is 9.16. The quantitative estimate of drug-likeness (QED) is 0.821. The van der Waals surface area contributed by atoms with Crippen LogP contribution in [0.3, 0.4) is 0 Å². The second-order valence-electron chi connectivity index (χ2n) is 4.62. The van der Waals surface area contributed by atoms with E-state index in [4.69, 9.17) is 9.47 Å². The van der Waals surface area contributed by atoms with Gasteiger partial charge < -0.3 is 9.47 Å². The van der Waals surface area contributed by atoms with Gasteiger partial charge in [0.1, 0.15) is 12.4 Å². The lowest BCUT2D eigenvalue weighted by Gasteiger charge is -2.26. The van der Waals surface area contributed by atoms with Crippen molar-refractivity contribution in [2.45, 2.75) is 13.3 Å². The van der Waals surface area contributed by atoms with Gasteiger partial charge in [-0.3, -0.25) is 4.90 Å². The number of benzene rings is 1. The van der Waals surface area contributed by atoms with Gasteiger partial charge in [0.2, 0.25) is 0 Å². The Morgan fingerprint density at radius 3 is 2.74 bits per heavy atom. The van der Waals surface area contributed by atoms with Crippen molar-refractivity contribution < 1.29 is 18.3 Å². The number of nitrogens with zero attached hydrogens (tertiary/aromatic N) is 1. The van der Waals surface area contributed by atoms with Crippen molar-refractivity contribution in [3.05, 3.63) is 29.3 Å². The zero-order valence-corrected chi connectivity index (χ0v) is 11.1. The number of ether oxygens (including phenoxy) is 2. The molecule has 1 aromatic rings. The molecule has 0 N–H and O–H groups in total. The fourth-order valence-corrected chi connectivity index (χ4v) is 2.06. The normalized spacial score (nSPS) is 16.8. The molecular weight excluding hydrogens is 252 g/mol. The Hall–Kier alpha value is -1.20. The molecule has 1 heterocycles. The van der Waals surface area contributed by atoms with Crippen molar-refractivity contribution >= 4 is 0 Å². The maximum atomic E-state index is 12.7. The number of alkyl halides is 2. The summed E-state index contributed by atoms with van der Waals surface area (Å²) in [4.78, 5) is 2.24. The van der Waals surface area contributed by atoms with Crippen LogP contribution in [0.4, 0.5) is 8.78 Å². The number of rotatable bonds is 5. The van der Waals surface area contributed by atoms with Gasteiger partial charge in [0.15, 0.2) is 0 Å². The van der Waals surface area contributed by atoms with Crippen LogP contribution in [-0.4, -0.2) is 44.4 Å². The van der Waals surface area contributed by atoms with Gasteiger partial charge in [-0.2, -0.15) is 0 Å². The largest absolute Gasteiger partial charge is 0.492 e. The predicted octanol–water partition coefficient (Wildman–Crippen LogP) is 2.64. The van der Waals surface area contributed by atoms with E-state index in [-0.39, 0.29) is 5.56 Å². The van der Waals surface area contributed by atoms with E-state index < -0.39 is 6.43 Å². The zero-order valence-electron chi connectivity index (χ0n) is 11.1. The van der Waals surface area contributed by atoms with Crippen LogP contribution in [0, 0.1) is 6.92 Å². The van der Waals surface area contributed by atoms with Crippen LogP contribution in [0.1, 0.15) is 17.6 Å². The minimum absolute atomic E-state index is 0.0453. The molecule has 106 valence electrons. The third-order valence-electron chi connectivity index (χ3n) is 3.27. The highest BCUT2D eigenvalue weighted by molar-refractivity contribution is 5.35. The first kappa shape index (κ1) is 14.2. The fourth-order valence-electron chi connectivity index (χ4n) is 2.06. The average molecular weight is 271 g/mol. The van der Waals surface area contributed by atoms with Crippen LogP contribution in [0.5, 0.6) is 5.75 Å². The lowest BCUT2D eigenvalue weighted by atomic mass is 10.1. The van der Waals surface area contributed by atoms with Crippen molar-refractivity contribution in [1.29, 1.82) is 0 Å². The Morgan fingerprint density at radius 1 is 1.32 bits per heavy atom. The van der Waals surface area contributed by atoms with Crippen molar-refractivity contribution in [3.8, 4) is 5.75 Å². The van der Waals surface area contributed by atoms with Gasteiger partial charge in [-0.05, 0) is 24.6 Å².